The molecule has 0 unspecified atom stereocenters. The fourth-order valence-electron chi connectivity index (χ4n) is 1.82. The lowest BCUT2D eigenvalue weighted by Gasteiger charge is -2.24. The van der Waals surface area contributed by atoms with Crippen LogP contribution in [0.25, 0.3) is 0 Å². The van der Waals surface area contributed by atoms with Crippen LogP contribution < -0.4 is 0 Å². The van der Waals surface area contributed by atoms with Crippen molar-refractivity contribution in [2.75, 3.05) is 0 Å². The molecule has 62 valence electrons. The number of carbonyl (C=O) groups excluding carboxylic acids is 1. The Balaban J connectivity index is 2.61. The topological polar surface area (TPSA) is 17.1 Å². The van der Waals surface area contributed by atoms with Gasteiger partial charge in [-0.1, -0.05) is 25.5 Å². The third-order valence-corrected chi connectivity index (χ3v) is 2.61. The highest BCUT2D eigenvalue weighted by atomic mass is 16.1. The van der Waals surface area contributed by atoms with Gasteiger partial charge in [0.15, 0.2) is 0 Å². The van der Waals surface area contributed by atoms with Crippen LogP contribution in [0.4, 0.5) is 0 Å². The van der Waals surface area contributed by atoms with Crippen molar-refractivity contribution in [2.24, 2.45) is 11.8 Å². The van der Waals surface area contributed by atoms with E-state index in [2.05, 4.69) is 19.1 Å². The molecule has 0 aromatic carbocycles. The standard InChI is InChI=1S/C10H16O/c1-3-9-6-4-5-7-10(9)8(2)11/h4-5,9-10H,3,6-7H2,1-2H3/t9-,10-/m0/s1. The second kappa shape index (κ2) is 3.70. The molecule has 1 heteroatoms. The molecule has 11 heavy (non-hydrogen) atoms. The maximum atomic E-state index is 11.1. The number of ketones is 1. The first-order chi connectivity index (χ1) is 5.25. The van der Waals surface area contributed by atoms with Gasteiger partial charge in [-0.25, -0.2) is 0 Å². The van der Waals surface area contributed by atoms with Crippen molar-refractivity contribution >= 4 is 5.78 Å². The van der Waals surface area contributed by atoms with Gasteiger partial charge >= 0.3 is 0 Å². The van der Waals surface area contributed by atoms with Gasteiger partial charge in [-0.15, -0.1) is 0 Å². The van der Waals surface area contributed by atoms with Crippen molar-refractivity contribution in [1.29, 1.82) is 0 Å². The van der Waals surface area contributed by atoms with E-state index in [1.807, 2.05) is 0 Å². The zero-order valence-corrected chi connectivity index (χ0v) is 7.34. The molecule has 1 aliphatic carbocycles. The number of hydrogen-bond donors (Lipinski definition) is 0. The number of allylic oxidation sites excluding steroid dienone is 2. The van der Waals surface area contributed by atoms with Crippen LogP contribution in [0, 0.1) is 11.8 Å². The van der Waals surface area contributed by atoms with E-state index >= 15 is 0 Å². The Kier molecular flexibility index (Phi) is 2.86. The van der Waals surface area contributed by atoms with Crippen molar-refractivity contribution in [3.05, 3.63) is 12.2 Å². The second-order valence-electron chi connectivity index (χ2n) is 3.33. The average molecular weight is 152 g/mol. The molecular formula is C10H16O. The lowest BCUT2D eigenvalue weighted by Crippen LogP contribution is -2.22. The van der Waals surface area contributed by atoms with Gasteiger partial charge in [0.25, 0.3) is 0 Å². The van der Waals surface area contributed by atoms with Crippen molar-refractivity contribution in [2.45, 2.75) is 33.1 Å². The van der Waals surface area contributed by atoms with Crippen molar-refractivity contribution < 1.29 is 4.79 Å². The van der Waals surface area contributed by atoms with Gasteiger partial charge in [0.05, 0.1) is 0 Å². The van der Waals surface area contributed by atoms with E-state index in [-0.39, 0.29) is 0 Å². The number of hydrogen-bond acceptors (Lipinski definition) is 1. The molecule has 1 aliphatic rings. The molecule has 0 saturated carbocycles. The minimum atomic E-state index is 0.310. The zero-order chi connectivity index (χ0) is 8.27. The third-order valence-electron chi connectivity index (χ3n) is 2.61. The molecule has 0 heterocycles. The third kappa shape index (κ3) is 1.92. The first-order valence-corrected chi connectivity index (χ1v) is 4.41. The molecule has 0 radical (unpaired) electrons. The molecule has 0 spiro atoms. The summed E-state index contributed by atoms with van der Waals surface area (Å²) in [5, 5.41) is 0. The van der Waals surface area contributed by atoms with Crippen LogP contribution in [0.1, 0.15) is 33.1 Å². The van der Waals surface area contributed by atoms with Gasteiger partial charge < -0.3 is 0 Å². The lowest BCUT2D eigenvalue weighted by atomic mass is 9.79. The van der Waals surface area contributed by atoms with E-state index in [0.29, 0.717) is 17.6 Å². The molecule has 1 nitrogen and oxygen atoms in total. The summed E-state index contributed by atoms with van der Waals surface area (Å²) >= 11 is 0. The SMILES string of the molecule is CC[C@H]1CC=CC[C@H]1C(C)=O. The van der Waals surface area contributed by atoms with Crippen LogP contribution in [0.2, 0.25) is 0 Å². The minimum absolute atomic E-state index is 0.310. The van der Waals surface area contributed by atoms with Gasteiger partial charge in [-0.3, -0.25) is 4.79 Å². The van der Waals surface area contributed by atoms with E-state index in [4.69, 9.17) is 0 Å². The van der Waals surface area contributed by atoms with Crippen molar-refractivity contribution in [3.8, 4) is 0 Å². The highest BCUT2D eigenvalue weighted by molar-refractivity contribution is 5.78. The predicted molar refractivity (Wildman–Crippen MR) is 46.3 cm³/mol. The first-order valence-electron chi connectivity index (χ1n) is 4.41. The molecule has 1 rings (SSSR count). The fraction of sp³-hybridized carbons (Fsp3) is 0.700. The van der Waals surface area contributed by atoms with E-state index in [1.165, 1.54) is 0 Å². The van der Waals surface area contributed by atoms with E-state index in [0.717, 1.165) is 19.3 Å². The Morgan fingerprint density at radius 2 is 2.09 bits per heavy atom. The van der Waals surface area contributed by atoms with Crippen LogP contribution in [0.15, 0.2) is 12.2 Å². The summed E-state index contributed by atoms with van der Waals surface area (Å²) in [4.78, 5) is 11.1. The van der Waals surface area contributed by atoms with Gasteiger partial charge in [0.2, 0.25) is 0 Å². The molecule has 0 aliphatic heterocycles. The van der Waals surface area contributed by atoms with Gasteiger partial charge in [-0.2, -0.15) is 0 Å². The Morgan fingerprint density at radius 1 is 1.45 bits per heavy atom. The quantitative estimate of drug-likeness (QED) is 0.556. The molecular weight excluding hydrogens is 136 g/mol. The highest BCUT2D eigenvalue weighted by Crippen LogP contribution is 2.28. The number of Topliss-reactive ketones (excluding diaryl/α,β-unsaturated/α-hetero) is 1. The largest absolute Gasteiger partial charge is 0.300 e. The van der Waals surface area contributed by atoms with E-state index < -0.39 is 0 Å². The normalized spacial score (nSPS) is 30.4. The molecule has 0 bridgehead atoms. The smallest absolute Gasteiger partial charge is 0.133 e. The molecule has 0 N–H and O–H groups in total. The Morgan fingerprint density at radius 3 is 2.55 bits per heavy atom. The van der Waals surface area contributed by atoms with Crippen molar-refractivity contribution in [3.63, 3.8) is 0 Å². The number of carbonyl (C=O) groups is 1. The van der Waals surface area contributed by atoms with Gasteiger partial charge in [0, 0.05) is 5.92 Å². The average Bonchev–Trinajstić information content (AvgIpc) is 2.04. The van der Waals surface area contributed by atoms with E-state index in [9.17, 15) is 4.79 Å². The monoisotopic (exact) mass is 152 g/mol. The predicted octanol–water partition coefficient (Wildman–Crippen LogP) is 2.57. The molecule has 0 saturated heterocycles. The maximum absolute atomic E-state index is 11.1. The summed E-state index contributed by atoms with van der Waals surface area (Å²) < 4.78 is 0. The summed E-state index contributed by atoms with van der Waals surface area (Å²) in [6.07, 6.45) is 7.54. The molecule has 0 aromatic rings. The van der Waals surface area contributed by atoms with Gasteiger partial charge in [-0.05, 0) is 25.7 Å². The Hall–Kier alpha value is -0.590. The Labute approximate surface area is 68.5 Å². The summed E-state index contributed by atoms with van der Waals surface area (Å²) in [6.45, 7) is 3.88. The lowest BCUT2D eigenvalue weighted by molar-refractivity contribution is -0.122. The van der Waals surface area contributed by atoms with Crippen LogP contribution in [-0.4, -0.2) is 5.78 Å². The number of rotatable bonds is 2. The van der Waals surface area contributed by atoms with Crippen LogP contribution >= 0.6 is 0 Å². The second-order valence-corrected chi connectivity index (χ2v) is 3.33. The van der Waals surface area contributed by atoms with Crippen LogP contribution in [0.3, 0.4) is 0 Å². The fourth-order valence-corrected chi connectivity index (χ4v) is 1.82. The molecule has 0 aromatic heterocycles. The maximum Gasteiger partial charge on any atom is 0.133 e. The van der Waals surface area contributed by atoms with Crippen LogP contribution in [0.5, 0.6) is 0 Å². The summed E-state index contributed by atoms with van der Waals surface area (Å²) in [5.74, 6) is 1.28. The molecule has 2 atom stereocenters. The summed E-state index contributed by atoms with van der Waals surface area (Å²) in [6, 6.07) is 0. The molecule has 0 fully saturated rings. The first kappa shape index (κ1) is 8.51. The van der Waals surface area contributed by atoms with Crippen LogP contribution in [-0.2, 0) is 4.79 Å². The summed E-state index contributed by atoms with van der Waals surface area (Å²) in [7, 11) is 0. The summed E-state index contributed by atoms with van der Waals surface area (Å²) in [5.41, 5.74) is 0. The Bertz CT molecular complexity index is 170. The van der Waals surface area contributed by atoms with Gasteiger partial charge in [0.1, 0.15) is 5.78 Å². The highest BCUT2D eigenvalue weighted by Gasteiger charge is 2.23. The minimum Gasteiger partial charge on any atom is -0.300 e. The van der Waals surface area contributed by atoms with Crippen molar-refractivity contribution in [1.82, 2.24) is 0 Å². The van der Waals surface area contributed by atoms with E-state index in [1.54, 1.807) is 6.92 Å². The zero-order valence-electron chi connectivity index (χ0n) is 7.34. The molecule has 0 amide bonds.